The molecule has 0 saturated carbocycles. The summed E-state index contributed by atoms with van der Waals surface area (Å²) in [4.78, 5) is 4.59. The van der Waals surface area contributed by atoms with E-state index >= 15 is 0 Å². The second-order valence-corrected chi connectivity index (χ2v) is 4.50. The minimum Gasteiger partial charge on any atom is -0.378 e. The van der Waals surface area contributed by atoms with E-state index in [4.69, 9.17) is 0 Å². The average Bonchev–Trinajstić information content (AvgIpc) is 2.57. The molecule has 0 aliphatic carbocycles. The van der Waals surface area contributed by atoms with Crippen molar-refractivity contribution < 1.29 is 0 Å². The van der Waals surface area contributed by atoms with Gasteiger partial charge in [-0.2, -0.15) is 0 Å². The van der Waals surface area contributed by atoms with Crippen LogP contribution in [0.5, 0.6) is 0 Å². The minimum absolute atomic E-state index is 1.09. The Morgan fingerprint density at radius 2 is 1.81 bits per heavy atom. The summed E-state index contributed by atoms with van der Waals surface area (Å²) in [6.07, 6.45) is 1.23. The number of anilines is 2. The summed E-state index contributed by atoms with van der Waals surface area (Å²) in [5.74, 6) is 0. The van der Waals surface area contributed by atoms with E-state index in [1.807, 2.05) is 0 Å². The summed E-state index contributed by atoms with van der Waals surface area (Å²) in [5.41, 5.74) is 2.60. The van der Waals surface area contributed by atoms with Gasteiger partial charge in [0.05, 0.1) is 0 Å². The fourth-order valence-corrected chi connectivity index (χ4v) is 2.07. The van der Waals surface area contributed by atoms with Gasteiger partial charge < -0.3 is 15.1 Å². The maximum Gasteiger partial charge on any atom is 0.0368 e. The summed E-state index contributed by atoms with van der Waals surface area (Å²) in [6, 6.07) is 8.82. The van der Waals surface area contributed by atoms with Crippen molar-refractivity contribution in [3.05, 3.63) is 24.3 Å². The number of rotatable bonds is 2. The first-order valence-electron chi connectivity index (χ1n) is 6.00. The second-order valence-electron chi connectivity index (χ2n) is 4.50. The molecular formula is C13H21N3. The molecule has 0 spiro atoms. The Balaban J connectivity index is 2.07. The monoisotopic (exact) mass is 219 g/mol. The van der Waals surface area contributed by atoms with Gasteiger partial charge in [0.25, 0.3) is 0 Å². The molecule has 3 nitrogen and oxygen atoms in total. The van der Waals surface area contributed by atoms with E-state index in [1.165, 1.54) is 17.8 Å². The van der Waals surface area contributed by atoms with E-state index in [0.717, 1.165) is 26.2 Å². The van der Waals surface area contributed by atoms with Crippen LogP contribution in [0.25, 0.3) is 0 Å². The molecule has 1 N–H and O–H groups in total. The normalized spacial score (nSPS) is 17.0. The molecule has 0 amide bonds. The predicted molar refractivity (Wildman–Crippen MR) is 70.5 cm³/mol. The van der Waals surface area contributed by atoms with Crippen LogP contribution >= 0.6 is 0 Å². The highest BCUT2D eigenvalue weighted by Gasteiger charge is 2.09. The van der Waals surface area contributed by atoms with Crippen molar-refractivity contribution in [2.75, 3.05) is 50.1 Å². The molecule has 0 bridgehead atoms. The summed E-state index contributed by atoms with van der Waals surface area (Å²) < 4.78 is 0. The first-order valence-corrected chi connectivity index (χ1v) is 6.00. The zero-order chi connectivity index (χ0) is 11.4. The van der Waals surface area contributed by atoms with Crippen LogP contribution in [0.3, 0.4) is 0 Å². The number of nitrogens with zero attached hydrogens (tertiary/aromatic N) is 2. The molecule has 88 valence electrons. The van der Waals surface area contributed by atoms with Crippen molar-refractivity contribution in [2.45, 2.75) is 6.42 Å². The molecule has 0 aromatic heterocycles. The second kappa shape index (κ2) is 5.21. The minimum atomic E-state index is 1.09. The molecule has 16 heavy (non-hydrogen) atoms. The Hall–Kier alpha value is -1.22. The fourth-order valence-electron chi connectivity index (χ4n) is 2.07. The van der Waals surface area contributed by atoms with Crippen molar-refractivity contribution in [3.63, 3.8) is 0 Å². The lowest BCUT2D eigenvalue weighted by Crippen LogP contribution is -2.27. The number of benzene rings is 1. The van der Waals surface area contributed by atoms with Crippen molar-refractivity contribution in [3.8, 4) is 0 Å². The van der Waals surface area contributed by atoms with Gasteiger partial charge in [0.1, 0.15) is 0 Å². The van der Waals surface area contributed by atoms with E-state index in [9.17, 15) is 0 Å². The zero-order valence-electron chi connectivity index (χ0n) is 10.2. The van der Waals surface area contributed by atoms with Crippen LogP contribution in [0.15, 0.2) is 24.3 Å². The molecule has 1 aromatic carbocycles. The van der Waals surface area contributed by atoms with Crippen LogP contribution in [-0.4, -0.2) is 40.3 Å². The van der Waals surface area contributed by atoms with Crippen LogP contribution in [0.2, 0.25) is 0 Å². The molecule has 1 heterocycles. The van der Waals surface area contributed by atoms with Gasteiger partial charge in [0.2, 0.25) is 0 Å². The van der Waals surface area contributed by atoms with Crippen molar-refractivity contribution >= 4 is 11.4 Å². The Morgan fingerprint density at radius 1 is 1.06 bits per heavy atom. The van der Waals surface area contributed by atoms with Gasteiger partial charge in [-0.3, -0.25) is 0 Å². The molecule has 1 aliphatic heterocycles. The zero-order valence-corrected chi connectivity index (χ0v) is 10.2. The molecule has 2 rings (SSSR count). The van der Waals surface area contributed by atoms with Gasteiger partial charge >= 0.3 is 0 Å². The summed E-state index contributed by atoms with van der Waals surface area (Å²) >= 11 is 0. The number of nitrogens with one attached hydrogen (secondary N) is 1. The maximum absolute atomic E-state index is 3.43. The standard InChI is InChI=1S/C13H21N3/c1-15(2)12-4-6-13(7-5-12)16-10-3-8-14-9-11-16/h4-7,14H,3,8-11H2,1-2H3. The highest BCUT2D eigenvalue weighted by Crippen LogP contribution is 2.19. The van der Waals surface area contributed by atoms with Gasteiger partial charge in [-0.1, -0.05) is 0 Å². The van der Waals surface area contributed by atoms with Crippen LogP contribution < -0.4 is 15.1 Å². The highest BCUT2D eigenvalue weighted by atomic mass is 15.2. The maximum atomic E-state index is 3.43. The third-order valence-corrected chi connectivity index (χ3v) is 3.07. The Bertz CT molecular complexity index is 310. The molecule has 0 atom stereocenters. The van der Waals surface area contributed by atoms with E-state index < -0.39 is 0 Å². The number of hydrogen-bond acceptors (Lipinski definition) is 3. The lowest BCUT2D eigenvalue weighted by molar-refractivity contribution is 0.724. The molecular weight excluding hydrogens is 198 g/mol. The number of hydrogen-bond donors (Lipinski definition) is 1. The molecule has 1 aliphatic rings. The molecule has 3 heteroatoms. The van der Waals surface area contributed by atoms with E-state index in [2.05, 4.69) is 53.5 Å². The summed E-state index contributed by atoms with van der Waals surface area (Å²) in [7, 11) is 4.15. The lowest BCUT2D eigenvalue weighted by Gasteiger charge is -2.23. The summed E-state index contributed by atoms with van der Waals surface area (Å²) in [6.45, 7) is 4.51. The fraction of sp³-hybridized carbons (Fsp3) is 0.538. The third kappa shape index (κ3) is 2.67. The molecule has 1 saturated heterocycles. The first-order chi connectivity index (χ1) is 7.77. The topological polar surface area (TPSA) is 18.5 Å². The van der Waals surface area contributed by atoms with E-state index in [1.54, 1.807) is 0 Å². The van der Waals surface area contributed by atoms with Crippen molar-refractivity contribution in [1.82, 2.24) is 5.32 Å². The van der Waals surface area contributed by atoms with E-state index in [0.29, 0.717) is 0 Å². The molecule has 1 aromatic rings. The van der Waals surface area contributed by atoms with Gasteiger partial charge in [0.15, 0.2) is 0 Å². The quantitative estimate of drug-likeness (QED) is 0.814. The van der Waals surface area contributed by atoms with E-state index in [-0.39, 0.29) is 0 Å². The summed E-state index contributed by atoms with van der Waals surface area (Å²) in [5, 5.41) is 3.43. The molecule has 0 radical (unpaired) electrons. The van der Waals surface area contributed by atoms with Gasteiger partial charge in [0, 0.05) is 45.1 Å². The highest BCUT2D eigenvalue weighted by molar-refractivity contribution is 5.55. The smallest absolute Gasteiger partial charge is 0.0368 e. The van der Waals surface area contributed by atoms with Gasteiger partial charge in [-0.15, -0.1) is 0 Å². The molecule has 0 unspecified atom stereocenters. The van der Waals surface area contributed by atoms with Crippen LogP contribution in [-0.2, 0) is 0 Å². The Kier molecular flexibility index (Phi) is 3.67. The van der Waals surface area contributed by atoms with Gasteiger partial charge in [-0.05, 0) is 37.2 Å². The Morgan fingerprint density at radius 3 is 2.50 bits per heavy atom. The third-order valence-electron chi connectivity index (χ3n) is 3.07. The van der Waals surface area contributed by atoms with Crippen molar-refractivity contribution in [2.24, 2.45) is 0 Å². The largest absolute Gasteiger partial charge is 0.378 e. The SMILES string of the molecule is CN(C)c1ccc(N2CCCNCC2)cc1. The predicted octanol–water partition coefficient (Wildman–Crippen LogP) is 1.55. The average molecular weight is 219 g/mol. The lowest BCUT2D eigenvalue weighted by atomic mass is 10.2. The molecule has 1 fully saturated rings. The van der Waals surface area contributed by atoms with Crippen LogP contribution in [0.1, 0.15) is 6.42 Å². The first kappa shape index (κ1) is 11.3. The van der Waals surface area contributed by atoms with Crippen LogP contribution in [0.4, 0.5) is 11.4 Å². The Labute approximate surface area is 98.0 Å². The van der Waals surface area contributed by atoms with Gasteiger partial charge in [-0.25, -0.2) is 0 Å². The van der Waals surface area contributed by atoms with Crippen LogP contribution in [0, 0.1) is 0 Å². The van der Waals surface area contributed by atoms with Crippen molar-refractivity contribution in [1.29, 1.82) is 0 Å².